The number of hydrogen-bond acceptors (Lipinski definition) is 9. The van der Waals surface area contributed by atoms with E-state index in [1.807, 2.05) is 0 Å². The lowest BCUT2D eigenvalue weighted by Gasteiger charge is -2.28. The van der Waals surface area contributed by atoms with E-state index in [-0.39, 0.29) is 6.61 Å². The van der Waals surface area contributed by atoms with Crippen LogP contribution in [0.15, 0.2) is 6.33 Å². The highest BCUT2D eigenvalue weighted by atomic mass is 16.6. The van der Waals surface area contributed by atoms with Gasteiger partial charge in [-0.05, 0) is 12.8 Å². The third kappa shape index (κ3) is 1.93. The highest BCUT2D eigenvalue weighted by Crippen LogP contribution is 2.45. The smallest absolute Gasteiger partial charge is 0.162 e. The van der Waals surface area contributed by atoms with Crippen LogP contribution in [0.1, 0.15) is 12.8 Å². The van der Waals surface area contributed by atoms with E-state index < -0.39 is 24.5 Å². The first-order chi connectivity index (χ1) is 10.6. The van der Waals surface area contributed by atoms with E-state index >= 15 is 0 Å². The van der Waals surface area contributed by atoms with Crippen molar-refractivity contribution in [2.75, 3.05) is 28.8 Å². The van der Waals surface area contributed by atoms with Gasteiger partial charge in [0.1, 0.15) is 30.3 Å². The number of ether oxygens (including phenoxy) is 1. The zero-order chi connectivity index (χ0) is 15.4. The number of fused-ring (bicyclic) bond motifs is 1. The van der Waals surface area contributed by atoms with Crippen LogP contribution < -0.4 is 15.5 Å². The second-order valence-corrected chi connectivity index (χ2v) is 5.97. The standard InChI is InChI=1S/C13H19N5O4/c14-11-8-12(16-4-15-11)18(5-17(8)6-1-2-6)13-10(21)9(20)7(3-19)22-13/h4,6-7,9-10,13,19-21H,1-3,5H2,(H2,14,15,16)/t7-,9?,10?,13-/m1/s1. The number of rotatable bonds is 3. The molecule has 0 radical (unpaired) electrons. The van der Waals surface area contributed by atoms with Crippen LogP contribution in [0.4, 0.5) is 17.3 Å². The molecule has 9 nitrogen and oxygen atoms in total. The van der Waals surface area contributed by atoms with Gasteiger partial charge in [0.05, 0.1) is 13.3 Å². The van der Waals surface area contributed by atoms with Gasteiger partial charge in [-0.3, -0.25) is 0 Å². The number of aliphatic hydroxyl groups is 3. The van der Waals surface area contributed by atoms with Crippen LogP contribution >= 0.6 is 0 Å². The molecule has 1 saturated carbocycles. The number of aromatic nitrogens is 2. The summed E-state index contributed by atoms with van der Waals surface area (Å²) in [5.74, 6) is 0.986. The minimum atomic E-state index is -1.13. The van der Waals surface area contributed by atoms with Gasteiger partial charge < -0.3 is 35.6 Å². The zero-order valence-corrected chi connectivity index (χ0v) is 11.9. The summed E-state index contributed by atoms with van der Waals surface area (Å²) >= 11 is 0. The van der Waals surface area contributed by atoms with Crippen molar-refractivity contribution in [1.82, 2.24) is 9.97 Å². The van der Waals surface area contributed by atoms with Gasteiger partial charge in [-0.1, -0.05) is 0 Å². The molecule has 2 aliphatic heterocycles. The van der Waals surface area contributed by atoms with E-state index in [1.165, 1.54) is 6.33 Å². The molecule has 1 aromatic heterocycles. The summed E-state index contributed by atoms with van der Waals surface area (Å²) in [6.07, 6.45) is -0.303. The van der Waals surface area contributed by atoms with Crippen molar-refractivity contribution in [2.45, 2.75) is 43.4 Å². The van der Waals surface area contributed by atoms with Crippen molar-refractivity contribution in [3.05, 3.63) is 6.33 Å². The molecular weight excluding hydrogens is 290 g/mol. The van der Waals surface area contributed by atoms with Crippen LogP contribution in [-0.4, -0.2) is 69.1 Å². The van der Waals surface area contributed by atoms with Crippen LogP contribution in [0.25, 0.3) is 0 Å². The molecule has 0 amide bonds. The zero-order valence-electron chi connectivity index (χ0n) is 11.9. The van der Waals surface area contributed by atoms with Crippen molar-refractivity contribution in [2.24, 2.45) is 0 Å². The van der Waals surface area contributed by atoms with E-state index in [1.54, 1.807) is 4.90 Å². The minimum Gasteiger partial charge on any atom is -0.394 e. The molecule has 0 aromatic carbocycles. The maximum Gasteiger partial charge on any atom is 0.162 e. The molecule has 1 saturated heterocycles. The fourth-order valence-electron chi connectivity index (χ4n) is 3.19. The van der Waals surface area contributed by atoms with Crippen LogP contribution in [0.5, 0.6) is 0 Å². The van der Waals surface area contributed by atoms with Gasteiger partial charge >= 0.3 is 0 Å². The molecule has 2 fully saturated rings. The summed E-state index contributed by atoms with van der Waals surface area (Å²) in [5, 5.41) is 29.4. The van der Waals surface area contributed by atoms with Crippen LogP contribution in [-0.2, 0) is 4.74 Å². The molecule has 1 aromatic rings. The minimum absolute atomic E-state index is 0.353. The summed E-state index contributed by atoms with van der Waals surface area (Å²) in [5.41, 5.74) is 6.74. The fourth-order valence-corrected chi connectivity index (χ4v) is 3.19. The van der Waals surface area contributed by atoms with Crippen LogP contribution in [0.3, 0.4) is 0 Å². The predicted molar refractivity (Wildman–Crippen MR) is 77.1 cm³/mol. The fraction of sp³-hybridized carbons (Fsp3) is 0.692. The number of nitrogens with zero attached hydrogens (tertiary/aromatic N) is 4. The Morgan fingerprint density at radius 3 is 2.64 bits per heavy atom. The Bertz CT molecular complexity index is 584. The highest BCUT2D eigenvalue weighted by molar-refractivity contribution is 5.82. The lowest BCUT2D eigenvalue weighted by atomic mass is 10.1. The quantitative estimate of drug-likeness (QED) is 0.513. The maximum absolute atomic E-state index is 10.2. The van der Waals surface area contributed by atoms with Crippen LogP contribution in [0, 0.1) is 0 Å². The summed E-state index contributed by atoms with van der Waals surface area (Å²) < 4.78 is 5.61. The lowest BCUT2D eigenvalue weighted by Crippen LogP contribution is -2.46. The molecule has 5 N–H and O–H groups in total. The summed E-state index contributed by atoms with van der Waals surface area (Å²) in [4.78, 5) is 12.2. The molecule has 1 aliphatic carbocycles. The second kappa shape index (κ2) is 4.92. The summed E-state index contributed by atoms with van der Waals surface area (Å²) in [6, 6.07) is 0.397. The average molecular weight is 309 g/mol. The van der Waals surface area contributed by atoms with Gasteiger partial charge in [0, 0.05) is 6.04 Å². The van der Waals surface area contributed by atoms with E-state index in [9.17, 15) is 15.3 Å². The van der Waals surface area contributed by atoms with Crippen molar-refractivity contribution in [3.8, 4) is 0 Å². The number of nitrogens with two attached hydrogens (primary N) is 1. The first-order valence-electron chi connectivity index (χ1n) is 7.38. The van der Waals surface area contributed by atoms with Gasteiger partial charge in [0.2, 0.25) is 0 Å². The Labute approximate surface area is 126 Å². The predicted octanol–water partition coefficient (Wildman–Crippen LogP) is -1.76. The molecule has 9 heteroatoms. The maximum atomic E-state index is 10.2. The molecule has 4 rings (SSSR count). The first-order valence-corrected chi connectivity index (χ1v) is 7.38. The Hall–Kier alpha value is -1.68. The van der Waals surface area contributed by atoms with E-state index in [0.29, 0.717) is 24.3 Å². The van der Waals surface area contributed by atoms with Crippen LogP contribution in [0.2, 0.25) is 0 Å². The lowest BCUT2D eigenvalue weighted by molar-refractivity contribution is -0.0222. The Morgan fingerprint density at radius 2 is 2.00 bits per heavy atom. The van der Waals surface area contributed by atoms with E-state index in [4.69, 9.17) is 10.5 Å². The van der Waals surface area contributed by atoms with E-state index in [0.717, 1.165) is 18.5 Å². The number of hydrogen-bond donors (Lipinski definition) is 4. The van der Waals surface area contributed by atoms with Gasteiger partial charge in [0.15, 0.2) is 17.9 Å². The van der Waals surface area contributed by atoms with E-state index in [2.05, 4.69) is 14.9 Å². The molecule has 120 valence electrons. The normalized spacial score (nSPS) is 34.3. The third-order valence-corrected chi connectivity index (χ3v) is 4.51. The molecule has 4 atom stereocenters. The van der Waals surface area contributed by atoms with Gasteiger partial charge in [-0.2, -0.15) is 0 Å². The third-order valence-electron chi connectivity index (χ3n) is 4.51. The van der Waals surface area contributed by atoms with Gasteiger partial charge in [0.25, 0.3) is 0 Å². The first kappa shape index (κ1) is 13.9. The largest absolute Gasteiger partial charge is 0.394 e. The average Bonchev–Trinajstić information content (AvgIpc) is 3.23. The van der Waals surface area contributed by atoms with Gasteiger partial charge in [-0.25, -0.2) is 9.97 Å². The Kier molecular flexibility index (Phi) is 3.12. The Morgan fingerprint density at radius 1 is 1.23 bits per heavy atom. The summed E-state index contributed by atoms with van der Waals surface area (Å²) in [7, 11) is 0. The number of nitrogen functional groups attached to an aromatic ring is 1. The molecule has 3 heterocycles. The molecule has 3 aliphatic rings. The number of aliphatic hydroxyl groups excluding tert-OH is 3. The highest BCUT2D eigenvalue weighted by Gasteiger charge is 2.50. The molecule has 0 bridgehead atoms. The van der Waals surface area contributed by atoms with Crippen molar-refractivity contribution in [1.29, 1.82) is 0 Å². The van der Waals surface area contributed by atoms with Crippen molar-refractivity contribution < 1.29 is 20.1 Å². The Balaban J connectivity index is 1.68. The topological polar surface area (TPSA) is 128 Å². The molecule has 2 unspecified atom stereocenters. The molecule has 22 heavy (non-hydrogen) atoms. The van der Waals surface area contributed by atoms with Gasteiger partial charge in [-0.15, -0.1) is 0 Å². The second-order valence-electron chi connectivity index (χ2n) is 5.97. The molecule has 0 spiro atoms. The monoisotopic (exact) mass is 309 g/mol. The summed E-state index contributed by atoms with van der Waals surface area (Å²) in [6.45, 7) is 0.114. The SMILES string of the molecule is Nc1ncnc2c1N(C1CC1)CN2[C@@H]1O[C@H](CO)C(O)C1O. The molecular formula is C13H19N5O4. The van der Waals surface area contributed by atoms with Crippen molar-refractivity contribution in [3.63, 3.8) is 0 Å². The number of anilines is 3. The van der Waals surface area contributed by atoms with Crippen molar-refractivity contribution >= 4 is 17.3 Å².